The van der Waals surface area contributed by atoms with Gasteiger partial charge in [-0.1, -0.05) is 54.1 Å². The molecule has 1 fully saturated rings. The summed E-state index contributed by atoms with van der Waals surface area (Å²) in [5.74, 6) is -1.17. The van der Waals surface area contributed by atoms with E-state index < -0.39 is 11.9 Å². The fourth-order valence-electron chi connectivity index (χ4n) is 3.81. The number of aryl methyl sites for hydroxylation is 2. The molecule has 1 atom stereocenters. The predicted molar refractivity (Wildman–Crippen MR) is 135 cm³/mol. The number of nitrogens with one attached hydrogen (secondary N) is 2. The van der Waals surface area contributed by atoms with Crippen LogP contribution in [0.4, 0.5) is 11.4 Å². The van der Waals surface area contributed by atoms with Crippen LogP contribution in [0.3, 0.4) is 0 Å². The second-order valence-electron chi connectivity index (χ2n) is 8.06. The van der Waals surface area contributed by atoms with Crippen LogP contribution in [0.1, 0.15) is 27.9 Å². The van der Waals surface area contributed by atoms with Crippen molar-refractivity contribution in [2.45, 2.75) is 26.3 Å². The highest BCUT2D eigenvalue weighted by molar-refractivity contribution is 7.80. The van der Waals surface area contributed by atoms with Crippen molar-refractivity contribution >= 4 is 46.4 Å². The predicted octanol–water partition coefficient (Wildman–Crippen LogP) is 3.98. The number of hydrogen-bond acceptors (Lipinski definition) is 4. The number of thiocarbonyl (C=S) groups is 1. The maximum absolute atomic E-state index is 13.4. The fraction of sp³-hybridized carbons (Fsp3) is 0.154. The molecular formula is C26H24N4O3S. The number of benzene rings is 3. The summed E-state index contributed by atoms with van der Waals surface area (Å²) in [6.07, 6.45) is -0.190. The van der Waals surface area contributed by atoms with Crippen LogP contribution in [0.5, 0.6) is 0 Å². The summed E-state index contributed by atoms with van der Waals surface area (Å²) in [6, 6.07) is 22.2. The average molecular weight is 473 g/mol. The summed E-state index contributed by atoms with van der Waals surface area (Å²) >= 11 is 5.57. The van der Waals surface area contributed by atoms with Gasteiger partial charge >= 0.3 is 0 Å². The molecule has 0 aliphatic carbocycles. The first-order valence-electron chi connectivity index (χ1n) is 10.8. The first-order valence-corrected chi connectivity index (χ1v) is 11.2. The minimum atomic E-state index is -0.994. The van der Waals surface area contributed by atoms with Crippen LogP contribution in [-0.4, -0.2) is 33.9 Å². The third-order valence-electron chi connectivity index (χ3n) is 5.52. The molecule has 0 saturated carbocycles. The molecule has 7 nitrogen and oxygen atoms in total. The molecular weight excluding hydrogens is 448 g/mol. The summed E-state index contributed by atoms with van der Waals surface area (Å²) in [5, 5.41) is 4.28. The third kappa shape index (κ3) is 4.82. The van der Waals surface area contributed by atoms with Crippen LogP contribution >= 0.6 is 12.2 Å². The average Bonchev–Trinajstić information content (AvgIpc) is 3.05. The van der Waals surface area contributed by atoms with E-state index in [0.717, 1.165) is 11.1 Å². The summed E-state index contributed by atoms with van der Waals surface area (Å²) in [7, 11) is 0. The Morgan fingerprint density at radius 2 is 1.59 bits per heavy atom. The highest BCUT2D eigenvalue weighted by Gasteiger charge is 2.45. The zero-order valence-corrected chi connectivity index (χ0v) is 19.6. The van der Waals surface area contributed by atoms with Crippen LogP contribution in [0, 0.1) is 13.8 Å². The molecule has 2 N–H and O–H groups in total. The zero-order valence-electron chi connectivity index (χ0n) is 18.8. The van der Waals surface area contributed by atoms with Gasteiger partial charge in [-0.05, 0) is 62.0 Å². The number of hydrazine groups is 1. The molecule has 3 aromatic carbocycles. The first-order chi connectivity index (χ1) is 16.3. The molecule has 3 amide bonds. The fourth-order valence-corrected chi connectivity index (χ4v) is 4.18. The van der Waals surface area contributed by atoms with Gasteiger partial charge in [0.2, 0.25) is 11.0 Å². The van der Waals surface area contributed by atoms with Crippen molar-refractivity contribution in [3.63, 3.8) is 0 Å². The van der Waals surface area contributed by atoms with Gasteiger partial charge in [-0.2, -0.15) is 0 Å². The number of hydrogen-bond donors (Lipinski definition) is 2. The van der Waals surface area contributed by atoms with E-state index in [9.17, 15) is 14.4 Å². The summed E-state index contributed by atoms with van der Waals surface area (Å²) in [5.41, 5.74) is 6.37. The van der Waals surface area contributed by atoms with E-state index >= 15 is 0 Å². The molecule has 0 bridgehead atoms. The molecule has 0 radical (unpaired) electrons. The second-order valence-corrected chi connectivity index (χ2v) is 8.42. The van der Waals surface area contributed by atoms with Crippen molar-refractivity contribution in [2.24, 2.45) is 0 Å². The third-order valence-corrected chi connectivity index (χ3v) is 5.90. The Morgan fingerprint density at radius 1 is 0.941 bits per heavy atom. The Morgan fingerprint density at radius 3 is 2.24 bits per heavy atom. The molecule has 1 aliphatic rings. The molecule has 1 saturated heterocycles. The number of para-hydroxylation sites is 1. The van der Waals surface area contributed by atoms with E-state index in [2.05, 4.69) is 10.7 Å². The first kappa shape index (κ1) is 23.1. The Balaban J connectivity index is 1.59. The molecule has 8 heteroatoms. The largest absolute Gasteiger partial charge is 0.326 e. The number of anilines is 2. The van der Waals surface area contributed by atoms with E-state index in [-0.39, 0.29) is 23.3 Å². The normalized spacial score (nSPS) is 15.4. The highest BCUT2D eigenvalue weighted by Crippen LogP contribution is 2.26. The number of carbonyl (C=O) groups is 3. The zero-order chi connectivity index (χ0) is 24.2. The highest BCUT2D eigenvalue weighted by atomic mass is 32.1. The van der Waals surface area contributed by atoms with Gasteiger partial charge in [0, 0.05) is 11.3 Å². The Bertz CT molecular complexity index is 1250. The smallest absolute Gasteiger partial charge is 0.269 e. The Hall–Kier alpha value is -4.04. The quantitative estimate of drug-likeness (QED) is 0.531. The van der Waals surface area contributed by atoms with E-state index in [1.165, 1.54) is 9.91 Å². The van der Waals surface area contributed by atoms with Crippen molar-refractivity contribution in [3.8, 4) is 0 Å². The molecule has 1 heterocycles. The molecule has 3 aromatic rings. The monoisotopic (exact) mass is 472 g/mol. The lowest BCUT2D eigenvalue weighted by atomic mass is 10.1. The van der Waals surface area contributed by atoms with Crippen LogP contribution in [-0.2, 0) is 9.59 Å². The Kier molecular flexibility index (Phi) is 6.70. The molecule has 4 rings (SSSR count). The number of carbonyl (C=O) groups excluding carboxylic acids is 3. The molecule has 172 valence electrons. The number of rotatable bonds is 6. The summed E-state index contributed by atoms with van der Waals surface area (Å²) < 4.78 is 0. The molecule has 0 unspecified atom stereocenters. The number of amides is 3. The second kappa shape index (κ2) is 9.84. The van der Waals surface area contributed by atoms with Gasteiger partial charge in [0.05, 0.1) is 12.1 Å². The van der Waals surface area contributed by atoms with Gasteiger partial charge < -0.3 is 5.32 Å². The van der Waals surface area contributed by atoms with Gasteiger partial charge in [0.25, 0.3) is 11.8 Å². The van der Waals surface area contributed by atoms with Crippen molar-refractivity contribution in [1.29, 1.82) is 0 Å². The summed E-state index contributed by atoms with van der Waals surface area (Å²) in [4.78, 5) is 40.5. The van der Waals surface area contributed by atoms with E-state index in [0.29, 0.717) is 16.9 Å². The van der Waals surface area contributed by atoms with E-state index in [1.54, 1.807) is 54.6 Å². The van der Waals surface area contributed by atoms with E-state index in [1.807, 2.05) is 38.1 Å². The van der Waals surface area contributed by atoms with Crippen molar-refractivity contribution < 1.29 is 14.4 Å². The lowest BCUT2D eigenvalue weighted by Crippen LogP contribution is -2.49. The van der Waals surface area contributed by atoms with Gasteiger partial charge in [-0.25, -0.2) is 5.01 Å². The molecule has 1 aliphatic heterocycles. The van der Waals surface area contributed by atoms with Crippen LogP contribution in [0.15, 0.2) is 78.9 Å². The van der Waals surface area contributed by atoms with Crippen molar-refractivity contribution in [1.82, 2.24) is 10.4 Å². The SMILES string of the molecule is Cc1ccc(NC(=O)C[C@H]2C(=O)N(c3ccccc3)C(=S)N2NC(=O)c2ccccc2)c(C)c1. The molecule has 34 heavy (non-hydrogen) atoms. The number of nitrogens with zero attached hydrogens (tertiary/aromatic N) is 2. The van der Waals surface area contributed by atoms with Crippen LogP contribution in [0.2, 0.25) is 0 Å². The van der Waals surface area contributed by atoms with Crippen LogP contribution < -0.4 is 15.6 Å². The summed E-state index contributed by atoms with van der Waals surface area (Å²) in [6.45, 7) is 3.88. The van der Waals surface area contributed by atoms with Crippen molar-refractivity contribution in [3.05, 3.63) is 95.6 Å². The maximum Gasteiger partial charge on any atom is 0.269 e. The standard InChI is InChI=1S/C26H24N4O3S/c1-17-13-14-21(18(2)15-17)27-23(31)16-22-25(33)29(20-11-7-4-8-12-20)26(34)30(22)28-24(32)19-9-5-3-6-10-19/h3-15,22H,16H2,1-2H3,(H,27,31)(H,28,32)/t22-/m0/s1. The lowest BCUT2D eigenvalue weighted by Gasteiger charge is -2.24. The van der Waals surface area contributed by atoms with Crippen molar-refractivity contribution in [2.75, 3.05) is 10.2 Å². The van der Waals surface area contributed by atoms with Gasteiger partial charge in [0.15, 0.2) is 0 Å². The molecule has 0 spiro atoms. The minimum Gasteiger partial charge on any atom is -0.326 e. The van der Waals surface area contributed by atoms with Gasteiger partial charge in [-0.3, -0.25) is 24.7 Å². The Labute approximate surface area is 203 Å². The van der Waals surface area contributed by atoms with Gasteiger partial charge in [0.1, 0.15) is 6.04 Å². The minimum absolute atomic E-state index is 0.102. The van der Waals surface area contributed by atoms with Gasteiger partial charge in [-0.15, -0.1) is 0 Å². The van der Waals surface area contributed by atoms with E-state index in [4.69, 9.17) is 12.2 Å². The topological polar surface area (TPSA) is 81.8 Å². The lowest BCUT2D eigenvalue weighted by molar-refractivity contribution is -0.124. The maximum atomic E-state index is 13.4. The van der Waals surface area contributed by atoms with Crippen LogP contribution in [0.25, 0.3) is 0 Å². The molecule has 0 aromatic heterocycles.